The summed E-state index contributed by atoms with van der Waals surface area (Å²) in [6, 6.07) is 0. The number of nitrogens with one attached hydrogen (secondary N) is 1. The highest BCUT2D eigenvalue weighted by atomic mass is 16.5. The van der Waals surface area contributed by atoms with Crippen LogP contribution in [-0.4, -0.2) is 18.0 Å². The number of hydrogen-bond donors (Lipinski definition) is 1. The van der Waals surface area contributed by atoms with Crippen LogP contribution in [0.4, 0.5) is 0 Å². The van der Waals surface area contributed by atoms with E-state index in [1.807, 2.05) is 0 Å². The second-order valence-corrected chi connectivity index (χ2v) is 5.88. The number of allylic oxidation sites excluding steroid dienone is 2. The highest BCUT2D eigenvalue weighted by Gasteiger charge is 2.36. The zero-order valence-corrected chi connectivity index (χ0v) is 11.2. The quantitative estimate of drug-likeness (QED) is 0.615. The van der Waals surface area contributed by atoms with Gasteiger partial charge in [-0.25, -0.2) is 0 Å². The lowest BCUT2D eigenvalue weighted by molar-refractivity contribution is -0.157. The Morgan fingerprint density at radius 2 is 1.84 bits per heavy atom. The van der Waals surface area contributed by atoms with Gasteiger partial charge in [-0.05, 0) is 63.4 Å². The van der Waals surface area contributed by atoms with E-state index in [1.54, 1.807) is 0 Å². The summed E-state index contributed by atoms with van der Waals surface area (Å²) >= 11 is 0. The maximum Gasteiger partial charge on any atom is 0.319 e. The maximum atomic E-state index is 12.1. The predicted octanol–water partition coefficient (Wildman–Crippen LogP) is 2.44. The van der Waals surface area contributed by atoms with Crippen LogP contribution in [-0.2, 0) is 14.3 Å². The third-order valence-electron chi connectivity index (χ3n) is 4.49. The monoisotopic (exact) mass is 263 g/mol. The van der Waals surface area contributed by atoms with Gasteiger partial charge in [0.25, 0.3) is 0 Å². The molecule has 1 atom stereocenters. The second kappa shape index (κ2) is 5.35. The first-order valence-corrected chi connectivity index (χ1v) is 7.46. The van der Waals surface area contributed by atoms with Gasteiger partial charge in [0.1, 0.15) is 12.0 Å². The van der Waals surface area contributed by atoms with E-state index in [-0.39, 0.29) is 18.0 Å². The summed E-state index contributed by atoms with van der Waals surface area (Å²) in [5, 5.41) is 2.91. The fourth-order valence-electron chi connectivity index (χ4n) is 3.36. The number of esters is 1. The lowest BCUT2D eigenvalue weighted by atomic mass is 9.85. The molecule has 3 aliphatic rings. The standard InChI is InChI=1S/C15H21NO3/c17-14-12(15(18)19-11-6-2-3-7-11)9-10-5-1-4-8-13(10)16-14/h11-12H,1-9H2,(H,16,17). The highest BCUT2D eigenvalue weighted by molar-refractivity contribution is 5.99. The first kappa shape index (κ1) is 12.7. The van der Waals surface area contributed by atoms with Gasteiger partial charge in [0.15, 0.2) is 0 Å². The van der Waals surface area contributed by atoms with Crippen LogP contribution in [0.15, 0.2) is 11.3 Å². The summed E-state index contributed by atoms with van der Waals surface area (Å²) in [6.07, 6.45) is 9.05. The van der Waals surface area contributed by atoms with Crippen LogP contribution in [0.3, 0.4) is 0 Å². The SMILES string of the molecule is O=C1NC2=C(CCCC2)CC1C(=O)OC1CCCC1. The second-order valence-electron chi connectivity index (χ2n) is 5.88. The molecule has 1 saturated carbocycles. The Bertz CT molecular complexity index is 421. The van der Waals surface area contributed by atoms with E-state index in [2.05, 4.69) is 5.32 Å². The Morgan fingerprint density at radius 3 is 2.63 bits per heavy atom. The van der Waals surface area contributed by atoms with Gasteiger partial charge < -0.3 is 10.1 Å². The molecule has 0 aromatic heterocycles. The normalized spacial score (nSPS) is 28.0. The summed E-state index contributed by atoms with van der Waals surface area (Å²) in [6.45, 7) is 0. The van der Waals surface area contributed by atoms with E-state index in [9.17, 15) is 9.59 Å². The first-order chi connectivity index (χ1) is 9.24. The van der Waals surface area contributed by atoms with Crippen molar-refractivity contribution in [2.75, 3.05) is 0 Å². The molecule has 104 valence electrons. The van der Waals surface area contributed by atoms with Crippen LogP contribution >= 0.6 is 0 Å². The zero-order valence-electron chi connectivity index (χ0n) is 11.2. The van der Waals surface area contributed by atoms with Crippen LogP contribution < -0.4 is 5.32 Å². The molecule has 1 aliphatic heterocycles. The third-order valence-corrected chi connectivity index (χ3v) is 4.49. The number of ether oxygens (including phenoxy) is 1. The van der Waals surface area contributed by atoms with Crippen molar-refractivity contribution >= 4 is 11.9 Å². The lowest BCUT2D eigenvalue weighted by Crippen LogP contribution is -2.41. The van der Waals surface area contributed by atoms with E-state index in [0.717, 1.165) is 50.6 Å². The Labute approximate surface area is 113 Å². The molecule has 1 amide bonds. The molecule has 1 N–H and O–H groups in total. The maximum absolute atomic E-state index is 12.1. The number of carbonyl (C=O) groups excluding carboxylic acids is 2. The molecular weight excluding hydrogens is 242 g/mol. The highest BCUT2D eigenvalue weighted by Crippen LogP contribution is 2.32. The molecule has 0 aromatic rings. The Hall–Kier alpha value is -1.32. The average Bonchev–Trinajstić information content (AvgIpc) is 2.90. The van der Waals surface area contributed by atoms with Gasteiger partial charge in [0.2, 0.25) is 5.91 Å². The summed E-state index contributed by atoms with van der Waals surface area (Å²) in [4.78, 5) is 24.2. The molecule has 0 bridgehead atoms. The zero-order chi connectivity index (χ0) is 13.2. The minimum Gasteiger partial charge on any atom is -0.462 e. The molecule has 0 spiro atoms. The molecule has 0 radical (unpaired) electrons. The Kier molecular flexibility index (Phi) is 3.58. The first-order valence-electron chi connectivity index (χ1n) is 7.46. The van der Waals surface area contributed by atoms with Crippen molar-refractivity contribution in [1.82, 2.24) is 5.32 Å². The number of hydrogen-bond acceptors (Lipinski definition) is 3. The van der Waals surface area contributed by atoms with Crippen LogP contribution in [0.25, 0.3) is 0 Å². The fourth-order valence-corrected chi connectivity index (χ4v) is 3.36. The van der Waals surface area contributed by atoms with Gasteiger partial charge in [-0.15, -0.1) is 0 Å². The molecule has 0 saturated heterocycles. The third kappa shape index (κ3) is 2.67. The van der Waals surface area contributed by atoms with E-state index in [1.165, 1.54) is 12.0 Å². The summed E-state index contributed by atoms with van der Waals surface area (Å²) in [7, 11) is 0. The molecule has 1 heterocycles. The minimum atomic E-state index is -0.613. The van der Waals surface area contributed by atoms with Gasteiger partial charge in [-0.2, -0.15) is 0 Å². The summed E-state index contributed by atoms with van der Waals surface area (Å²) in [5.74, 6) is -1.09. The largest absolute Gasteiger partial charge is 0.462 e. The van der Waals surface area contributed by atoms with Crippen molar-refractivity contribution in [1.29, 1.82) is 0 Å². The van der Waals surface area contributed by atoms with Crippen molar-refractivity contribution in [2.45, 2.75) is 63.9 Å². The Morgan fingerprint density at radius 1 is 1.11 bits per heavy atom. The molecule has 0 aromatic carbocycles. The van der Waals surface area contributed by atoms with Crippen LogP contribution in [0.5, 0.6) is 0 Å². The molecule has 3 rings (SSSR count). The smallest absolute Gasteiger partial charge is 0.319 e. The summed E-state index contributed by atoms with van der Waals surface area (Å²) < 4.78 is 5.48. The van der Waals surface area contributed by atoms with E-state index in [4.69, 9.17) is 4.74 Å². The molecule has 2 aliphatic carbocycles. The number of carbonyl (C=O) groups is 2. The summed E-state index contributed by atoms with van der Waals surface area (Å²) in [5.41, 5.74) is 2.33. The Balaban J connectivity index is 1.65. The van der Waals surface area contributed by atoms with Gasteiger partial charge in [0.05, 0.1) is 0 Å². The topological polar surface area (TPSA) is 55.4 Å². The van der Waals surface area contributed by atoms with Crippen LogP contribution in [0, 0.1) is 5.92 Å². The van der Waals surface area contributed by atoms with Crippen LogP contribution in [0.1, 0.15) is 57.8 Å². The molecule has 1 unspecified atom stereocenters. The van der Waals surface area contributed by atoms with E-state index >= 15 is 0 Å². The van der Waals surface area contributed by atoms with E-state index in [0.29, 0.717) is 6.42 Å². The minimum absolute atomic E-state index is 0.0435. The molecule has 19 heavy (non-hydrogen) atoms. The van der Waals surface area contributed by atoms with Gasteiger partial charge in [-0.3, -0.25) is 9.59 Å². The van der Waals surface area contributed by atoms with Crippen LogP contribution in [0.2, 0.25) is 0 Å². The van der Waals surface area contributed by atoms with Gasteiger partial charge in [0, 0.05) is 5.70 Å². The van der Waals surface area contributed by atoms with Crippen molar-refractivity contribution in [3.8, 4) is 0 Å². The van der Waals surface area contributed by atoms with Crippen molar-refractivity contribution < 1.29 is 14.3 Å². The van der Waals surface area contributed by atoms with Crippen molar-refractivity contribution in [3.63, 3.8) is 0 Å². The van der Waals surface area contributed by atoms with Crippen molar-refractivity contribution in [2.24, 2.45) is 5.92 Å². The molecular formula is C15H21NO3. The lowest BCUT2D eigenvalue weighted by Gasteiger charge is -2.29. The van der Waals surface area contributed by atoms with E-state index < -0.39 is 5.92 Å². The van der Waals surface area contributed by atoms with Gasteiger partial charge >= 0.3 is 5.97 Å². The number of amides is 1. The number of rotatable bonds is 2. The molecule has 4 heteroatoms. The van der Waals surface area contributed by atoms with Gasteiger partial charge in [-0.1, -0.05) is 0 Å². The molecule has 4 nitrogen and oxygen atoms in total. The average molecular weight is 263 g/mol. The van der Waals surface area contributed by atoms with Crippen molar-refractivity contribution in [3.05, 3.63) is 11.3 Å². The fraction of sp³-hybridized carbons (Fsp3) is 0.733. The molecule has 1 fully saturated rings. The predicted molar refractivity (Wildman–Crippen MR) is 70.1 cm³/mol.